The Hall–Kier alpha value is -2.12. The molecule has 2 aliphatic heterocycles. The second kappa shape index (κ2) is 9.02. The number of hydrogen-bond donors (Lipinski definition) is 1. The number of hydrogen-bond acceptors (Lipinski definition) is 6. The molecule has 7 heteroatoms. The number of carbonyl (C=O) groups is 1. The number of anilines is 2. The molecule has 6 nitrogen and oxygen atoms in total. The molecule has 0 amide bonds. The normalized spacial score (nSPS) is 22.0. The van der Waals surface area contributed by atoms with Crippen LogP contribution in [-0.4, -0.2) is 54.7 Å². The first-order valence-electron chi connectivity index (χ1n) is 11.5. The molecular formula is C25H36N4O2S. The van der Waals surface area contributed by atoms with Crippen LogP contribution in [-0.2, 0) is 24.3 Å². The van der Waals surface area contributed by atoms with Crippen molar-refractivity contribution >= 4 is 28.8 Å². The van der Waals surface area contributed by atoms with E-state index in [2.05, 4.69) is 66.7 Å². The molecule has 2 aromatic heterocycles. The van der Waals surface area contributed by atoms with Gasteiger partial charge < -0.3 is 14.9 Å². The van der Waals surface area contributed by atoms with E-state index in [9.17, 15) is 9.90 Å². The third-order valence-corrected chi connectivity index (χ3v) is 8.19. The van der Waals surface area contributed by atoms with E-state index in [4.69, 9.17) is 0 Å². The van der Waals surface area contributed by atoms with Gasteiger partial charge in [-0.25, -0.2) is 4.98 Å². The average Bonchev–Trinajstić information content (AvgIpc) is 3.14. The fraction of sp³-hybridized carbons (Fsp3) is 0.600. The average molecular weight is 457 g/mol. The monoisotopic (exact) mass is 456 g/mol. The number of pyridine rings is 1. The van der Waals surface area contributed by atoms with Gasteiger partial charge in [0.2, 0.25) is 0 Å². The van der Waals surface area contributed by atoms with Crippen LogP contribution in [0.5, 0.6) is 0 Å². The number of fused-ring (bicyclic) bond motifs is 1. The summed E-state index contributed by atoms with van der Waals surface area (Å²) in [6, 6.07) is 6.54. The number of aliphatic carboxylic acids is 1. The fourth-order valence-corrected chi connectivity index (χ4v) is 6.09. The van der Waals surface area contributed by atoms with Gasteiger partial charge in [0.05, 0.1) is 5.92 Å². The number of nitrogens with zero attached hydrogens (tertiary/aromatic N) is 4. The second-order valence-corrected chi connectivity index (χ2v) is 11.8. The number of carboxylic acid groups (broad SMARTS) is 1. The summed E-state index contributed by atoms with van der Waals surface area (Å²) in [5.74, 6) is 0.506. The number of likely N-dealkylation sites (tertiary alicyclic amines) is 1. The summed E-state index contributed by atoms with van der Waals surface area (Å²) >= 11 is 1.91. The first-order valence-corrected chi connectivity index (χ1v) is 12.4. The molecule has 0 radical (unpaired) electrons. The standard InChI is InChI=1S/C25H36N4O2S/c1-25(2,3)19-10-18(24(30)31)13-28(15-19)16-21-11-17-14-29(9-7-22(17)32-21)23-12-20(27(4)5)6-8-26-23/h6,8,11-12,18-19H,7,9-10,13-16H2,1-5H3,(H,30,31)/t18-,19-/m1/s1. The molecule has 174 valence electrons. The second-order valence-electron chi connectivity index (χ2n) is 10.6. The fourth-order valence-electron chi connectivity index (χ4n) is 4.87. The number of piperidine rings is 1. The van der Waals surface area contributed by atoms with Crippen LogP contribution in [0.4, 0.5) is 11.5 Å². The number of thiophene rings is 1. The van der Waals surface area contributed by atoms with Crippen LogP contribution in [0.2, 0.25) is 0 Å². The predicted molar refractivity (Wildman–Crippen MR) is 132 cm³/mol. The molecule has 4 rings (SSSR count). The van der Waals surface area contributed by atoms with Crippen LogP contribution in [0.3, 0.4) is 0 Å². The molecule has 0 bridgehead atoms. The number of aromatic nitrogens is 1. The zero-order valence-electron chi connectivity index (χ0n) is 20.0. The highest BCUT2D eigenvalue weighted by atomic mass is 32.1. The Kier molecular flexibility index (Phi) is 6.50. The molecule has 2 aromatic rings. The van der Waals surface area contributed by atoms with Crippen molar-refractivity contribution < 1.29 is 9.90 Å². The predicted octanol–water partition coefficient (Wildman–Crippen LogP) is 4.34. The third-order valence-electron chi connectivity index (χ3n) is 6.97. The molecule has 2 aliphatic rings. The van der Waals surface area contributed by atoms with Crippen molar-refractivity contribution in [1.29, 1.82) is 0 Å². The van der Waals surface area contributed by atoms with Gasteiger partial charge in [-0.3, -0.25) is 9.69 Å². The van der Waals surface area contributed by atoms with Crippen LogP contribution in [0, 0.1) is 17.3 Å². The Labute approximate surface area is 195 Å². The van der Waals surface area contributed by atoms with E-state index in [0.29, 0.717) is 12.5 Å². The van der Waals surface area contributed by atoms with Crippen LogP contribution in [0.1, 0.15) is 42.5 Å². The molecule has 0 saturated carbocycles. The van der Waals surface area contributed by atoms with E-state index in [1.807, 2.05) is 23.6 Å². The van der Waals surface area contributed by atoms with Crippen molar-refractivity contribution in [3.8, 4) is 0 Å². The molecule has 2 atom stereocenters. The maximum Gasteiger partial charge on any atom is 0.307 e. The molecule has 1 fully saturated rings. The van der Waals surface area contributed by atoms with Crippen molar-refractivity contribution in [2.45, 2.75) is 46.7 Å². The van der Waals surface area contributed by atoms with Crippen LogP contribution < -0.4 is 9.80 Å². The van der Waals surface area contributed by atoms with Gasteiger partial charge >= 0.3 is 5.97 Å². The Balaban J connectivity index is 1.46. The van der Waals surface area contributed by atoms with Gasteiger partial charge in [-0.2, -0.15) is 0 Å². The lowest BCUT2D eigenvalue weighted by Gasteiger charge is -2.42. The Bertz CT molecular complexity index is 965. The number of rotatable bonds is 5. The lowest BCUT2D eigenvalue weighted by atomic mass is 9.73. The van der Waals surface area contributed by atoms with Crippen LogP contribution in [0.25, 0.3) is 0 Å². The van der Waals surface area contributed by atoms with Crippen molar-refractivity contribution in [3.05, 3.63) is 39.7 Å². The quantitative estimate of drug-likeness (QED) is 0.722. The Morgan fingerprint density at radius 3 is 2.75 bits per heavy atom. The van der Waals surface area contributed by atoms with E-state index >= 15 is 0 Å². The smallest absolute Gasteiger partial charge is 0.307 e. The van der Waals surface area contributed by atoms with Gasteiger partial charge in [-0.15, -0.1) is 11.3 Å². The van der Waals surface area contributed by atoms with Gasteiger partial charge in [-0.05, 0) is 41.9 Å². The van der Waals surface area contributed by atoms with Crippen molar-refractivity contribution in [2.75, 3.05) is 43.5 Å². The third kappa shape index (κ3) is 5.09. The molecule has 1 N–H and O–H groups in total. The zero-order chi connectivity index (χ0) is 23.0. The molecule has 32 heavy (non-hydrogen) atoms. The van der Waals surface area contributed by atoms with Crippen molar-refractivity contribution in [1.82, 2.24) is 9.88 Å². The molecule has 0 spiro atoms. The molecular weight excluding hydrogens is 420 g/mol. The molecule has 0 aliphatic carbocycles. The van der Waals surface area contributed by atoms with Gasteiger partial charge in [0.15, 0.2) is 0 Å². The van der Waals surface area contributed by atoms with Crippen LogP contribution in [0.15, 0.2) is 24.4 Å². The minimum atomic E-state index is -0.655. The van der Waals surface area contributed by atoms with Crippen molar-refractivity contribution in [2.24, 2.45) is 17.3 Å². The SMILES string of the molecule is CN(C)c1ccnc(N2CCc3sc(CN4C[C@H](C(=O)O)C[C@@H](C(C)(C)C)C4)cc3C2)c1. The maximum absolute atomic E-state index is 11.8. The highest BCUT2D eigenvalue weighted by molar-refractivity contribution is 7.12. The summed E-state index contributed by atoms with van der Waals surface area (Å²) in [4.78, 5) is 26.1. The van der Waals surface area contributed by atoms with Crippen LogP contribution >= 0.6 is 11.3 Å². The summed E-state index contributed by atoms with van der Waals surface area (Å²) in [7, 11) is 4.11. The lowest BCUT2D eigenvalue weighted by molar-refractivity contribution is -0.145. The summed E-state index contributed by atoms with van der Waals surface area (Å²) in [5.41, 5.74) is 2.68. The summed E-state index contributed by atoms with van der Waals surface area (Å²) in [6.07, 6.45) is 3.71. The maximum atomic E-state index is 11.8. The summed E-state index contributed by atoms with van der Waals surface area (Å²) < 4.78 is 0. The highest BCUT2D eigenvalue weighted by Crippen LogP contribution is 2.37. The minimum absolute atomic E-state index is 0.121. The van der Waals surface area contributed by atoms with E-state index in [1.54, 1.807) is 0 Å². The largest absolute Gasteiger partial charge is 0.481 e. The molecule has 0 aromatic carbocycles. The van der Waals surface area contributed by atoms with Gasteiger partial charge in [0, 0.05) is 74.5 Å². The molecule has 0 unspecified atom stereocenters. The summed E-state index contributed by atoms with van der Waals surface area (Å²) in [5, 5.41) is 9.69. The molecule has 1 saturated heterocycles. The minimum Gasteiger partial charge on any atom is -0.481 e. The van der Waals surface area contributed by atoms with Gasteiger partial charge in [0.1, 0.15) is 5.82 Å². The van der Waals surface area contributed by atoms with Crippen molar-refractivity contribution in [3.63, 3.8) is 0 Å². The Morgan fingerprint density at radius 1 is 1.28 bits per heavy atom. The summed E-state index contributed by atoms with van der Waals surface area (Å²) in [6.45, 7) is 11.0. The first kappa shape index (κ1) is 23.1. The van der Waals surface area contributed by atoms with E-state index < -0.39 is 5.97 Å². The lowest BCUT2D eigenvalue weighted by Crippen LogP contribution is -2.46. The van der Waals surface area contributed by atoms with Gasteiger partial charge in [0.25, 0.3) is 0 Å². The van der Waals surface area contributed by atoms with E-state index in [0.717, 1.165) is 44.8 Å². The van der Waals surface area contributed by atoms with E-state index in [1.165, 1.54) is 21.0 Å². The highest BCUT2D eigenvalue weighted by Gasteiger charge is 2.37. The molecule has 4 heterocycles. The first-order chi connectivity index (χ1) is 15.1. The topological polar surface area (TPSA) is 59.9 Å². The number of carboxylic acids is 1. The van der Waals surface area contributed by atoms with Gasteiger partial charge in [-0.1, -0.05) is 20.8 Å². The van der Waals surface area contributed by atoms with E-state index in [-0.39, 0.29) is 11.3 Å². The Morgan fingerprint density at radius 2 is 2.06 bits per heavy atom. The zero-order valence-corrected chi connectivity index (χ0v) is 20.8.